The molecule has 0 aromatic heterocycles. The molecule has 0 radical (unpaired) electrons. The first kappa shape index (κ1) is 14.5. The third-order valence-electron chi connectivity index (χ3n) is 4.22. The molecular weight excluding hydrogens is 239 g/mol. The van der Waals surface area contributed by atoms with Gasteiger partial charge in [-0.2, -0.15) is 0 Å². The van der Waals surface area contributed by atoms with Crippen molar-refractivity contribution in [3.63, 3.8) is 0 Å². The summed E-state index contributed by atoms with van der Waals surface area (Å²) in [5.74, 6) is 0.676. The van der Waals surface area contributed by atoms with E-state index in [1.807, 2.05) is 12.1 Å². The van der Waals surface area contributed by atoms with Gasteiger partial charge in [-0.1, -0.05) is 18.2 Å². The first-order valence-corrected chi connectivity index (χ1v) is 7.28. The zero-order valence-corrected chi connectivity index (χ0v) is 12.0. The van der Waals surface area contributed by atoms with E-state index in [2.05, 4.69) is 24.3 Å². The zero-order valence-electron chi connectivity index (χ0n) is 12.0. The van der Waals surface area contributed by atoms with Crippen LogP contribution in [0.3, 0.4) is 0 Å². The van der Waals surface area contributed by atoms with Gasteiger partial charge in [0.25, 0.3) is 0 Å². The van der Waals surface area contributed by atoms with Gasteiger partial charge in [0, 0.05) is 24.7 Å². The largest absolute Gasteiger partial charge is 0.317 e. The standard InChI is InChI=1S/C16H25FN2/c1-18-15-9-7-13(8-10-15)11-19(2)12-14-5-3-4-6-16(14)17/h3-6,13,15,18H,7-12H2,1-2H3. The second kappa shape index (κ2) is 7.01. The molecule has 1 saturated carbocycles. The van der Waals surface area contributed by atoms with Crippen LogP contribution < -0.4 is 5.32 Å². The molecule has 0 bridgehead atoms. The summed E-state index contributed by atoms with van der Waals surface area (Å²) in [7, 11) is 4.14. The summed E-state index contributed by atoms with van der Waals surface area (Å²) >= 11 is 0. The van der Waals surface area contributed by atoms with Crippen LogP contribution in [0.1, 0.15) is 31.2 Å². The minimum atomic E-state index is -0.0896. The SMILES string of the molecule is CNC1CCC(CN(C)Cc2ccccc2F)CC1. The third-order valence-corrected chi connectivity index (χ3v) is 4.22. The van der Waals surface area contributed by atoms with Gasteiger partial charge in [-0.15, -0.1) is 0 Å². The molecule has 2 rings (SSSR count). The van der Waals surface area contributed by atoms with Crippen LogP contribution in [0, 0.1) is 11.7 Å². The number of hydrogen-bond donors (Lipinski definition) is 1. The zero-order chi connectivity index (χ0) is 13.7. The monoisotopic (exact) mass is 264 g/mol. The Morgan fingerprint density at radius 2 is 1.89 bits per heavy atom. The lowest BCUT2D eigenvalue weighted by Crippen LogP contribution is -2.34. The number of nitrogens with zero attached hydrogens (tertiary/aromatic N) is 1. The van der Waals surface area contributed by atoms with Crippen LogP contribution in [0.4, 0.5) is 4.39 Å². The molecule has 1 aliphatic carbocycles. The van der Waals surface area contributed by atoms with Crippen molar-refractivity contribution in [1.29, 1.82) is 0 Å². The molecule has 1 fully saturated rings. The molecule has 2 nitrogen and oxygen atoms in total. The minimum Gasteiger partial charge on any atom is -0.317 e. The van der Waals surface area contributed by atoms with E-state index in [0.29, 0.717) is 12.6 Å². The number of hydrogen-bond acceptors (Lipinski definition) is 2. The van der Waals surface area contributed by atoms with Gasteiger partial charge in [-0.3, -0.25) is 0 Å². The number of rotatable bonds is 5. The first-order valence-electron chi connectivity index (χ1n) is 7.28. The summed E-state index contributed by atoms with van der Waals surface area (Å²) in [5.41, 5.74) is 0.800. The van der Waals surface area contributed by atoms with Gasteiger partial charge >= 0.3 is 0 Å². The van der Waals surface area contributed by atoms with E-state index in [1.165, 1.54) is 25.7 Å². The van der Waals surface area contributed by atoms with Crippen molar-refractivity contribution in [3.8, 4) is 0 Å². The lowest BCUT2D eigenvalue weighted by atomic mass is 9.86. The maximum atomic E-state index is 13.6. The van der Waals surface area contributed by atoms with E-state index in [1.54, 1.807) is 12.1 Å². The molecule has 1 aromatic carbocycles. The fourth-order valence-electron chi connectivity index (χ4n) is 3.06. The van der Waals surface area contributed by atoms with Crippen molar-refractivity contribution >= 4 is 0 Å². The minimum absolute atomic E-state index is 0.0896. The Labute approximate surface area is 116 Å². The second-order valence-corrected chi connectivity index (χ2v) is 5.79. The molecule has 1 N–H and O–H groups in total. The molecule has 1 aliphatic rings. The predicted molar refractivity (Wildman–Crippen MR) is 77.5 cm³/mol. The van der Waals surface area contributed by atoms with Crippen molar-refractivity contribution in [1.82, 2.24) is 10.2 Å². The summed E-state index contributed by atoms with van der Waals surface area (Å²) in [6.07, 6.45) is 5.11. The fraction of sp³-hybridized carbons (Fsp3) is 0.625. The van der Waals surface area contributed by atoms with Gasteiger partial charge in [-0.25, -0.2) is 4.39 Å². The molecule has 0 aliphatic heterocycles. The van der Waals surface area contributed by atoms with Crippen molar-refractivity contribution in [3.05, 3.63) is 35.6 Å². The first-order chi connectivity index (χ1) is 9.19. The Hall–Kier alpha value is -0.930. The Balaban J connectivity index is 1.79. The highest BCUT2D eigenvalue weighted by Gasteiger charge is 2.21. The average molecular weight is 264 g/mol. The van der Waals surface area contributed by atoms with E-state index in [4.69, 9.17) is 0 Å². The van der Waals surface area contributed by atoms with Gasteiger partial charge in [-0.05, 0) is 51.8 Å². The smallest absolute Gasteiger partial charge is 0.127 e. The van der Waals surface area contributed by atoms with Gasteiger partial charge in [0.2, 0.25) is 0 Å². The van der Waals surface area contributed by atoms with E-state index in [0.717, 1.165) is 18.0 Å². The van der Waals surface area contributed by atoms with E-state index in [9.17, 15) is 4.39 Å². The number of halogens is 1. The predicted octanol–water partition coefficient (Wildman–Crippen LogP) is 3.04. The third kappa shape index (κ3) is 4.29. The highest BCUT2D eigenvalue weighted by atomic mass is 19.1. The summed E-state index contributed by atoms with van der Waals surface area (Å²) in [6, 6.07) is 7.78. The molecule has 1 aromatic rings. The van der Waals surface area contributed by atoms with Crippen LogP contribution >= 0.6 is 0 Å². The Morgan fingerprint density at radius 1 is 1.21 bits per heavy atom. The van der Waals surface area contributed by atoms with Crippen LogP contribution in [-0.4, -0.2) is 31.6 Å². The number of nitrogens with one attached hydrogen (secondary N) is 1. The fourth-order valence-corrected chi connectivity index (χ4v) is 3.06. The van der Waals surface area contributed by atoms with E-state index < -0.39 is 0 Å². The molecular formula is C16H25FN2. The highest BCUT2D eigenvalue weighted by molar-refractivity contribution is 5.16. The molecule has 106 valence electrons. The van der Waals surface area contributed by atoms with Crippen LogP contribution in [0.25, 0.3) is 0 Å². The summed E-state index contributed by atoms with van der Waals surface area (Å²) in [5, 5.41) is 3.36. The van der Waals surface area contributed by atoms with Crippen molar-refractivity contribution in [2.24, 2.45) is 5.92 Å². The molecule has 0 atom stereocenters. The average Bonchev–Trinajstić information content (AvgIpc) is 2.42. The highest BCUT2D eigenvalue weighted by Crippen LogP contribution is 2.25. The molecule has 0 heterocycles. The van der Waals surface area contributed by atoms with E-state index in [-0.39, 0.29) is 5.82 Å². The van der Waals surface area contributed by atoms with Crippen LogP contribution in [0.15, 0.2) is 24.3 Å². The van der Waals surface area contributed by atoms with Crippen molar-refractivity contribution < 1.29 is 4.39 Å². The molecule has 19 heavy (non-hydrogen) atoms. The Bertz CT molecular complexity index is 386. The van der Waals surface area contributed by atoms with Gasteiger partial charge in [0.15, 0.2) is 0 Å². The lowest BCUT2D eigenvalue weighted by Gasteiger charge is -2.31. The van der Waals surface area contributed by atoms with Crippen LogP contribution in [0.2, 0.25) is 0 Å². The van der Waals surface area contributed by atoms with Gasteiger partial charge in [0.1, 0.15) is 5.82 Å². The van der Waals surface area contributed by atoms with Crippen LogP contribution in [-0.2, 0) is 6.54 Å². The Kier molecular flexibility index (Phi) is 5.34. The van der Waals surface area contributed by atoms with Crippen LogP contribution in [0.5, 0.6) is 0 Å². The van der Waals surface area contributed by atoms with Crippen molar-refractivity contribution in [2.45, 2.75) is 38.3 Å². The number of benzene rings is 1. The molecule has 3 heteroatoms. The van der Waals surface area contributed by atoms with Gasteiger partial charge < -0.3 is 10.2 Å². The topological polar surface area (TPSA) is 15.3 Å². The lowest BCUT2D eigenvalue weighted by molar-refractivity contribution is 0.210. The van der Waals surface area contributed by atoms with E-state index >= 15 is 0 Å². The molecule has 0 unspecified atom stereocenters. The van der Waals surface area contributed by atoms with Gasteiger partial charge in [0.05, 0.1) is 0 Å². The molecule has 0 amide bonds. The maximum absolute atomic E-state index is 13.6. The Morgan fingerprint density at radius 3 is 2.53 bits per heavy atom. The maximum Gasteiger partial charge on any atom is 0.127 e. The van der Waals surface area contributed by atoms with Crippen molar-refractivity contribution in [2.75, 3.05) is 20.6 Å². The normalized spacial score (nSPS) is 23.8. The second-order valence-electron chi connectivity index (χ2n) is 5.79. The quantitative estimate of drug-likeness (QED) is 0.879. The summed E-state index contributed by atoms with van der Waals surface area (Å²) in [4.78, 5) is 2.25. The molecule has 0 spiro atoms. The summed E-state index contributed by atoms with van der Waals surface area (Å²) in [6.45, 7) is 1.78. The molecule has 0 saturated heterocycles. The summed E-state index contributed by atoms with van der Waals surface area (Å²) < 4.78 is 13.6.